The quantitative estimate of drug-likeness (QED) is 0.182. The highest BCUT2D eigenvalue weighted by molar-refractivity contribution is 6.38. The summed E-state index contributed by atoms with van der Waals surface area (Å²) in [5, 5.41) is 5.08. The first-order valence-corrected chi connectivity index (χ1v) is 14.1. The third kappa shape index (κ3) is 3.78. The van der Waals surface area contributed by atoms with E-state index in [4.69, 9.17) is 23.2 Å². The lowest BCUT2D eigenvalue weighted by molar-refractivity contribution is -0.123. The number of carbonyl (C=O) groups is 3. The molecule has 4 aromatic carbocycles. The Morgan fingerprint density at radius 1 is 0.854 bits per heavy atom. The fourth-order valence-electron chi connectivity index (χ4n) is 6.98. The Bertz CT molecular complexity index is 1720. The van der Waals surface area contributed by atoms with Gasteiger partial charge in [0.05, 0.1) is 34.4 Å². The van der Waals surface area contributed by atoms with Crippen molar-refractivity contribution in [2.75, 3.05) is 4.90 Å². The zero-order chi connectivity index (χ0) is 28.3. The topological polar surface area (TPSA) is 78.8 Å². The first kappa shape index (κ1) is 25.7. The minimum absolute atomic E-state index is 0.159. The van der Waals surface area contributed by atoms with Gasteiger partial charge in [0, 0.05) is 17.2 Å². The second-order valence-corrected chi connectivity index (χ2v) is 11.4. The molecule has 1 saturated heterocycles. The molecule has 202 valence electrons. The Kier molecular flexibility index (Phi) is 6.07. The van der Waals surface area contributed by atoms with Crippen LogP contribution in [-0.2, 0) is 26.2 Å². The van der Waals surface area contributed by atoms with Crippen LogP contribution in [0.3, 0.4) is 0 Å². The molecule has 4 aliphatic rings. The van der Waals surface area contributed by atoms with Crippen LogP contribution in [0.4, 0.5) is 5.69 Å². The molecule has 2 atom stereocenters. The van der Waals surface area contributed by atoms with Crippen molar-refractivity contribution in [1.29, 1.82) is 0 Å². The number of anilines is 1. The second kappa shape index (κ2) is 9.68. The number of hydrazone groups is 1. The lowest BCUT2D eigenvalue weighted by atomic mass is 9.47. The van der Waals surface area contributed by atoms with Crippen molar-refractivity contribution < 1.29 is 14.4 Å². The molecule has 4 aromatic rings. The van der Waals surface area contributed by atoms with Crippen molar-refractivity contribution in [2.45, 2.75) is 17.8 Å². The predicted octanol–water partition coefficient (Wildman–Crippen LogP) is 5.89. The lowest BCUT2D eigenvalue weighted by Gasteiger charge is -2.52. The van der Waals surface area contributed by atoms with Gasteiger partial charge in [0.15, 0.2) is 0 Å². The number of halogens is 2. The summed E-state index contributed by atoms with van der Waals surface area (Å²) >= 11 is 12.6. The van der Waals surface area contributed by atoms with Gasteiger partial charge >= 0.3 is 0 Å². The Morgan fingerprint density at radius 2 is 1.49 bits per heavy atom. The Hall–Kier alpha value is -4.26. The first-order chi connectivity index (χ1) is 19.9. The van der Waals surface area contributed by atoms with Gasteiger partial charge in [0.1, 0.15) is 0 Å². The summed E-state index contributed by atoms with van der Waals surface area (Å²) in [6.45, 7) is 0. The molecule has 0 radical (unpaired) electrons. The molecule has 2 bridgehead atoms. The van der Waals surface area contributed by atoms with E-state index in [2.05, 4.69) is 10.5 Å². The van der Waals surface area contributed by atoms with Crippen LogP contribution in [-0.4, -0.2) is 23.9 Å². The molecule has 1 fully saturated rings. The van der Waals surface area contributed by atoms with Crippen molar-refractivity contribution >= 4 is 52.8 Å². The number of nitrogens with one attached hydrogen (secondary N) is 1. The van der Waals surface area contributed by atoms with Crippen molar-refractivity contribution in [3.63, 3.8) is 0 Å². The lowest BCUT2D eigenvalue weighted by Crippen LogP contribution is -2.54. The highest BCUT2D eigenvalue weighted by atomic mass is 35.5. The van der Waals surface area contributed by atoms with Gasteiger partial charge in [-0.2, -0.15) is 5.10 Å². The van der Waals surface area contributed by atoms with E-state index in [0.29, 0.717) is 10.7 Å². The van der Waals surface area contributed by atoms with E-state index in [1.165, 1.54) is 11.0 Å². The number of hydrogen-bond donors (Lipinski definition) is 1. The van der Waals surface area contributed by atoms with E-state index >= 15 is 0 Å². The number of rotatable bonds is 5. The molecular formula is C33H23Cl2N3O3. The van der Waals surface area contributed by atoms with Gasteiger partial charge in [0.25, 0.3) is 0 Å². The molecular weight excluding hydrogens is 557 g/mol. The van der Waals surface area contributed by atoms with Crippen LogP contribution in [0.2, 0.25) is 10.0 Å². The highest BCUT2D eigenvalue weighted by Gasteiger charge is 2.68. The number of hydrogen-bond acceptors (Lipinski definition) is 4. The molecule has 6 nitrogen and oxygen atoms in total. The van der Waals surface area contributed by atoms with Crippen LogP contribution in [0.5, 0.6) is 0 Å². The van der Waals surface area contributed by atoms with Crippen molar-refractivity contribution in [1.82, 2.24) is 5.43 Å². The van der Waals surface area contributed by atoms with E-state index in [-0.39, 0.29) is 35.1 Å². The third-order valence-corrected chi connectivity index (χ3v) is 9.04. The van der Waals surface area contributed by atoms with E-state index in [1.54, 1.807) is 18.3 Å². The molecule has 0 spiro atoms. The molecule has 3 aliphatic carbocycles. The average molecular weight is 580 g/mol. The second-order valence-electron chi connectivity index (χ2n) is 10.6. The maximum absolute atomic E-state index is 14.4. The van der Waals surface area contributed by atoms with Gasteiger partial charge < -0.3 is 0 Å². The molecule has 0 saturated carbocycles. The summed E-state index contributed by atoms with van der Waals surface area (Å²) in [6, 6.07) is 29.9. The van der Waals surface area contributed by atoms with Crippen molar-refractivity contribution in [2.24, 2.45) is 16.9 Å². The van der Waals surface area contributed by atoms with Crippen LogP contribution in [0.15, 0.2) is 102 Å². The minimum atomic E-state index is -1.09. The van der Waals surface area contributed by atoms with E-state index < -0.39 is 17.3 Å². The maximum Gasteiger partial charge on any atom is 0.244 e. The average Bonchev–Trinajstić information content (AvgIpc) is 3.24. The molecule has 1 N–H and O–H groups in total. The van der Waals surface area contributed by atoms with E-state index in [1.807, 2.05) is 78.9 Å². The van der Waals surface area contributed by atoms with Crippen molar-refractivity contribution in [3.8, 4) is 0 Å². The van der Waals surface area contributed by atoms with Gasteiger partial charge in [-0.15, -0.1) is 0 Å². The third-order valence-electron chi connectivity index (χ3n) is 8.50. The number of nitrogens with zero attached hydrogens (tertiary/aromatic N) is 2. The summed E-state index contributed by atoms with van der Waals surface area (Å²) < 4.78 is 0. The van der Waals surface area contributed by atoms with Gasteiger partial charge in [0.2, 0.25) is 17.7 Å². The van der Waals surface area contributed by atoms with Gasteiger partial charge in [-0.3, -0.25) is 14.4 Å². The molecule has 1 aliphatic heterocycles. The number of benzene rings is 4. The molecule has 3 amide bonds. The van der Waals surface area contributed by atoms with Crippen LogP contribution in [0.25, 0.3) is 0 Å². The molecule has 8 rings (SSSR count). The van der Waals surface area contributed by atoms with Crippen LogP contribution >= 0.6 is 23.2 Å². The van der Waals surface area contributed by atoms with Crippen molar-refractivity contribution in [3.05, 3.63) is 135 Å². The van der Waals surface area contributed by atoms with Gasteiger partial charge in [-0.1, -0.05) is 102 Å². The molecule has 41 heavy (non-hydrogen) atoms. The molecule has 8 heteroatoms. The Labute approximate surface area is 246 Å². The van der Waals surface area contributed by atoms with Crippen LogP contribution < -0.4 is 10.3 Å². The molecule has 0 unspecified atom stereocenters. The predicted molar refractivity (Wildman–Crippen MR) is 158 cm³/mol. The SMILES string of the molecule is O=C(Cc1ccccc1)N/N=C\C12c3ccccc3C(c3ccccc31)[C@H]1C(=O)N(c3ccc(Cl)cc3Cl)C(=O)[C@H]12. The molecule has 1 heterocycles. The largest absolute Gasteiger partial charge is 0.274 e. The summed E-state index contributed by atoms with van der Waals surface area (Å²) in [6.07, 6.45) is 1.81. The van der Waals surface area contributed by atoms with Crippen LogP contribution in [0, 0.1) is 11.8 Å². The fraction of sp³-hybridized carbons (Fsp3) is 0.152. The maximum atomic E-state index is 14.4. The van der Waals surface area contributed by atoms with E-state index in [0.717, 1.165) is 27.8 Å². The Balaban J connectivity index is 1.37. The fourth-order valence-corrected chi connectivity index (χ4v) is 7.47. The zero-order valence-corrected chi connectivity index (χ0v) is 23.1. The summed E-state index contributed by atoms with van der Waals surface area (Å²) in [7, 11) is 0. The number of amides is 3. The number of imide groups is 1. The minimum Gasteiger partial charge on any atom is -0.274 e. The summed E-state index contributed by atoms with van der Waals surface area (Å²) in [4.78, 5) is 42.6. The normalized spacial score (nSPS) is 23.9. The zero-order valence-electron chi connectivity index (χ0n) is 21.6. The van der Waals surface area contributed by atoms with Gasteiger partial charge in [-0.05, 0) is 46.0 Å². The van der Waals surface area contributed by atoms with Crippen LogP contribution in [0.1, 0.15) is 33.7 Å². The summed E-state index contributed by atoms with van der Waals surface area (Å²) in [5.74, 6) is -2.74. The standard InChI is InChI=1S/C33H23Cl2N3O3/c34-20-14-15-26(25(35)17-20)38-31(40)29-28-21-10-4-6-12-23(21)33(30(29)32(38)41,24-13-7-5-11-22(24)28)18-36-37-27(39)16-19-8-2-1-3-9-19/h1-15,17-18,28-30H,16H2,(H,37,39)/b36-18-/t28?,29-,30+,33?/m1/s1. The highest BCUT2D eigenvalue weighted by Crippen LogP contribution is 2.63. The first-order valence-electron chi connectivity index (χ1n) is 13.3. The van der Waals surface area contributed by atoms with E-state index in [9.17, 15) is 14.4 Å². The smallest absolute Gasteiger partial charge is 0.244 e. The molecule has 0 aromatic heterocycles. The van der Waals surface area contributed by atoms with Gasteiger partial charge in [-0.25, -0.2) is 10.3 Å². The Morgan fingerprint density at radius 3 is 2.15 bits per heavy atom. The summed E-state index contributed by atoms with van der Waals surface area (Å²) in [5.41, 5.74) is 6.48. The number of carbonyl (C=O) groups excluding carboxylic acids is 3. The monoisotopic (exact) mass is 579 g/mol.